The smallest absolute Gasteiger partial charge is 0.119 e. The van der Waals surface area contributed by atoms with Gasteiger partial charge in [0.2, 0.25) is 0 Å². The van der Waals surface area contributed by atoms with Crippen LogP contribution in [0.4, 0.5) is 0 Å². The molecule has 0 fully saturated rings. The van der Waals surface area contributed by atoms with Crippen LogP contribution < -0.4 is 5.73 Å². The van der Waals surface area contributed by atoms with E-state index in [0.29, 0.717) is 11.7 Å². The molecule has 1 aromatic rings. The van der Waals surface area contributed by atoms with Crippen molar-refractivity contribution in [1.82, 2.24) is 0 Å². The molecule has 0 bridgehead atoms. The lowest BCUT2D eigenvalue weighted by molar-refractivity contribution is 0.258. The van der Waals surface area contributed by atoms with Crippen molar-refractivity contribution >= 4 is 0 Å². The Morgan fingerprint density at radius 1 is 1.31 bits per heavy atom. The van der Waals surface area contributed by atoms with Crippen molar-refractivity contribution in [2.45, 2.75) is 45.6 Å². The summed E-state index contributed by atoms with van der Waals surface area (Å²) in [6.45, 7) is 6.66. The number of phenolic OH excluding ortho intramolecular Hbond substituents is 1. The van der Waals surface area contributed by atoms with Crippen LogP contribution in [0.5, 0.6) is 5.75 Å². The second-order valence-corrected chi connectivity index (χ2v) is 5.89. The number of fused-ring (bicyclic) bond motifs is 1. The van der Waals surface area contributed by atoms with Gasteiger partial charge in [0.15, 0.2) is 0 Å². The third-order valence-electron chi connectivity index (χ3n) is 3.61. The summed E-state index contributed by atoms with van der Waals surface area (Å²) in [6, 6.07) is 6.01. The predicted molar refractivity (Wildman–Crippen MR) is 66.6 cm³/mol. The number of rotatable bonds is 0. The number of aromatic hydroxyl groups is 1. The maximum absolute atomic E-state index is 9.89. The highest BCUT2D eigenvalue weighted by Gasteiger charge is 2.36. The summed E-state index contributed by atoms with van der Waals surface area (Å²) >= 11 is 0. The van der Waals surface area contributed by atoms with Gasteiger partial charge in [0, 0.05) is 12.0 Å². The summed E-state index contributed by atoms with van der Waals surface area (Å²) in [5.41, 5.74) is 8.73. The Labute approximate surface area is 97.5 Å². The summed E-state index contributed by atoms with van der Waals surface area (Å²) in [5, 5.41) is 9.89. The predicted octanol–water partition coefficient (Wildman–Crippen LogP) is 2.80. The molecule has 0 amide bonds. The van der Waals surface area contributed by atoms with Crippen molar-refractivity contribution in [3.63, 3.8) is 0 Å². The van der Waals surface area contributed by atoms with Crippen molar-refractivity contribution in [1.29, 1.82) is 0 Å². The van der Waals surface area contributed by atoms with E-state index in [4.69, 9.17) is 5.73 Å². The first-order valence-electron chi connectivity index (χ1n) is 5.97. The molecule has 0 aromatic heterocycles. The van der Waals surface area contributed by atoms with Crippen LogP contribution in [0.2, 0.25) is 0 Å². The molecule has 1 aliphatic carbocycles. The second kappa shape index (κ2) is 3.77. The standard InChI is InChI=1S/C14H21NO/c1-14(2,3)13-10-5-4-6-12(16)9(10)7-8-11(13)15/h4-6,11,13,16H,7-8,15H2,1-3H3. The highest BCUT2D eigenvalue weighted by molar-refractivity contribution is 5.44. The van der Waals surface area contributed by atoms with Crippen molar-refractivity contribution in [3.8, 4) is 5.75 Å². The molecule has 0 heterocycles. The van der Waals surface area contributed by atoms with Gasteiger partial charge in [-0.25, -0.2) is 0 Å². The Morgan fingerprint density at radius 2 is 2.00 bits per heavy atom. The molecule has 2 heteroatoms. The van der Waals surface area contributed by atoms with Gasteiger partial charge in [-0.15, -0.1) is 0 Å². The SMILES string of the molecule is CC(C)(C)C1c2cccc(O)c2CCC1N. The monoisotopic (exact) mass is 219 g/mol. The van der Waals surface area contributed by atoms with E-state index in [9.17, 15) is 5.11 Å². The fourth-order valence-electron chi connectivity index (χ4n) is 2.97. The van der Waals surface area contributed by atoms with Crippen LogP contribution in [-0.4, -0.2) is 11.1 Å². The molecule has 2 rings (SSSR count). The molecule has 2 atom stereocenters. The minimum atomic E-state index is 0.141. The Hall–Kier alpha value is -1.02. The molecule has 2 unspecified atom stereocenters. The maximum Gasteiger partial charge on any atom is 0.119 e. The molecular weight excluding hydrogens is 198 g/mol. The first-order chi connectivity index (χ1) is 7.41. The van der Waals surface area contributed by atoms with Gasteiger partial charge in [-0.1, -0.05) is 32.9 Å². The van der Waals surface area contributed by atoms with Crippen molar-refractivity contribution in [3.05, 3.63) is 29.3 Å². The fraction of sp³-hybridized carbons (Fsp3) is 0.571. The molecule has 3 N–H and O–H groups in total. The molecule has 0 aliphatic heterocycles. The van der Waals surface area contributed by atoms with E-state index < -0.39 is 0 Å². The number of hydrogen-bond donors (Lipinski definition) is 2. The van der Waals surface area contributed by atoms with Gasteiger partial charge in [-0.05, 0) is 35.4 Å². The molecular formula is C14H21NO. The summed E-state index contributed by atoms with van der Waals surface area (Å²) in [4.78, 5) is 0. The number of nitrogens with two attached hydrogens (primary N) is 1. The van der Waals surface area contributed by atoms with Crippen LogP contribution >= 0.6 is 0 Å². The Balaban J connectivity index is 2.53. The van der Waals surface area contributed by atoms with E-state index in [-0.39, 0.29) is 11.5 Å². The highest BCUT2D eigenvalue weighted by Crippen LogP contribution is 2.44. The first kappa shape index (κ1) is 11.5. The Bertz CT molecular complexity index is 392. The summed E-state index contributed by atoms with van der Waals surface area (Å²) < 4.78 is 0. The average molecular weight is 219 g/mol. The molecule has 1 aromatic carbocycles. The largest absolute Gasteiger partial charge is 0.508 e. The number of phenols is 1. The summed E-state index contributed by atoms with van der Waals surface area (Å²) in [7, 11) is 0. The Kier molecular flexibility index (Phi) is 2.70. The van der Waals surface area contributed by atoms with Crippen LogP contribution in [0.3, 0.4) is 0 Å². The summed E-state index contributed by atoms with van der Waals surface area (Å²) in [5.74, 6) is 0.766. The van der Waals surface area contributed by atoms with Crippen LogP contribution in [0.15, 0.2) is 18.2 Å². The van der Waals surface area contributed by atoms with Crippen molar-refractivity contribution < 1.29 is 5.11 Å². The third-order valence-corrected chi connectivity index (χ3v) is 3.61. The molecule has 0 radical (unpaired) electrons. The molecule has 1 aliphatic rings. The molecule has 0 saturated heterocycles. The lowest BCUT2D eigenvalue weighted by Gasteiger charge is -2.40. The summed E-state index contributed by atoms with van der Waals surface area (Å²) in [6.07, 6.45) is 1.86. The van der Waals surface area contributed by atoms with Crippen molar-refractivity contribution in [2.75, 3.05) is 0 Å². The van der Waals surface area contributed by atoms with Gasteiger partial charge >= 0.3 is 0 Å². The maximum atomic E-state index is 9.89. The van der Waals surface area contributed by atoms with E-state index in [1.807, 2.05) is 6.07 Å². The zero-order valence-corrected chi connectivity index (χ0v) is 10.3. The van der Waals surface area contributed by atoms with Gasteiger partial charge < -0.3 is 10.8 Å². The molecule has 2 nitrogen and oxygen atoms in total. The van der Waals surface area contributed by atoms with Gasteiger partial charge in [0.25, 0.3) is 0 Å². The highest BCUT2D eigenvalue weighted by atomic mass is 16.3. The third kappa shape index (κ3) is 1.82. The average Bonchev–Trinajstić information content (AvgIpc) is 2.15. The number of hydrogen-bond acceptors (Lipinski definition) is 2. The van der Waals surface area contributed by atoms with Crippen molar-refractivity contribution in [2.24, 2.45) is 11.1 Å². The van der Waals surface area contributed by atoms with Gasteiger partial charge in [0.05, 0.1) is 0 Å². The molecule has 0 saturated carbocycles. The molecule has 16 heavy (non-hydrogen) atoms. The zero-order chi connectivity index (χ0) is 11.9. The normalized spacial score (nSPS) is 25.2. The fourth-order valence-corrected chi connectivity index (χ4v) is 2.97. The van der Waals surface area contributed by atoms with E-state index in [0.717, 1.165) is 18.4 Å². The molecule has 0 spiro atoms. The van der Waals surface area contributed by atoms with E-state index in [1.54, 1.807) is 6.07 Å². The second-order valence-electron chi connectivity index (χ2n) is 5.89. The molecule has 88 valence electrons. The van der Waals surface area contributed by atoms with Crippen LogP contribution in [-0.2, 0) is 6.42 Å². The lowest BCUT2D eigenvalue weighted by Crippen LogP contribution is -2.40. The van der Waals surface area contributed by atoms with E-state index in [2.05, 4.69) is 26.8 Å². The topological polar surface area (TPSA) is 46.2 Å². The van der Waals surface area contributed by atoms with Crippen LogP contribution in [0, 0.1) is 5.41 Å². The first-order valence-corrected chi connectivity index (χ1v) is 5.97. The van der Waals surface area contributed by atoms with Gasteiger partial charge in [-0.3, -0.25) is 0 Å². The zero-order valence-electron chi connectivity index (χ0n) is 10.3. The quantitative estimate of drug-likeness (QED) is 0.704. The Morgan fingerprint density at radius 3 is 2.62 bits per heavy atom. The van der Waals surface area contributed by atoms with E-state index >= 15 is 0 Å². The minimum Gasteiger partial charge on any atom is -0.508 e. The lowest BCUT2D eigenvalue weighted by atomic mass is 9.67. The minimum absolute atomic E-state index is 0.141. The van der Waals surface area contributed by atoms with Gasteiger partial charge in [0.1, 0.15) is 5.75 Å². The van der Waals surface area contributed by atoms with Gasteiger partial charge in [-0.2, -0.15) is 0 Å². The van der Waals surface area contributed by atoms with Crippen LogP contribution in [0.1, 0.15) is 44.2 Å². The van der Waals surface area contributed by atoms with E-state index in [1.165, 1.54) is 5.56 Å². The van der Waals surface area contributed by atoms with Crippen LogP contribution in [0.25, 0.3) is 0 Å². The number of benzene rings is 1.